The van der Waals surface area contributed by atoms with Crippen LogP contribution in [0.15, 0.2) is 0 Å². The third-order valence-corrected chi connectivity index (χ3v) is 3.08. The molecule has 0 spiro atoms. The van der Waals surface area contributed by atoms with Gasteiger partial charge in [0.2, 0.25) is 0 Å². The van der Waals surface area contributed by atoms with E-state index in [2.05, 4.69) is 29.4 Å². The Hall–Kier alpha value is -1.30. The van der Waals surface area contributed by atoms with Crippen molar-refractivity contribution in [3.63, 3.8) is 0 Å². The van der Waals surface area contributed by atoms with Crippen molar-refractivity contribution in [1.29, 1.82) is 0 Å². The monoisotopic (exact) mass is 287 g/mol. The summed E-state index contributed by atoms with van der Waals surface area (Å²) < 4.78 is 4.73. The van der Waals surface area contributed by atoms with Crippen molar-refractivity contribution in [2.45, 2.75) is 46.6 Å². The Morgan fingerprint density at radius 3 is 2.40 bits per heavy atom. The molecule has 2 amide bonds. The van der Waals surface area contributed by atoms with Crippen molar-refractivity contribution in [2.75, 3.05) is 32.8 Å². The van der Waals surface area contributed by atoms with Crippen LogP contribution in [-0.2, 0) is 9.53 Å². The van der Waals surface area contributed by atoms with Crippen LogP contribution >= 0.6 is 0 Å². The summed E-state index contributed by atoms with van der Waals surface area (Å²) in [6.45, 7) is 11.4. The normalized spacial score (nSPS) is 12.1. The first-order valence-electron chi connectivity index (χ1n) is 7.45. The minimum Gasteiger partial charge on any atom is -0.465 e. The van der Waals surface area contributed by atoms with Crippen LogP contribution in [0.1, 0.15) is 40.5 Å². The largest absolute Gasteiger partial charge is 0.465 e. The molecule has 0 aromatic rings. The molecule has 0 heterocycles. The summed E-state index contributed by atoms with van der Waals surface area (Å²) in [5, 5.41) is 5.30. The number of ether oxygens (including phenoxy) is 1. The molecule has 6 nitrogen and oxygen atoms in total. The van der Waals surface area contributed by atoms with Crippen molar-refractivity contribution in [2.24, 2.45) is 0 Å². The standard InChI is InChI=1S/C14H29N3O3/c1-5-17(6-2)10-8-9-12(4)16-14(19)15-11-13(18)20-7-3/h12H,5-11H2,1-4H3,(H2,15,16,19). The first kappa shape index (κ1) is 18.7. The fourth-order valence-corrected chi connectivity index (χ4v) is 1.87. The summed E-state index contributed by atoms with van der Waals surface area (Å²) in [5.41, 5.74) is 0. The summed E-state index contributed by atoms with van der Waals surface area (Å²) in [4.78, 5) is 25.0. The molecule has 0 aromatic carbocycles. The summed E-state index contributed by atoms with van der Waals surface area (Å²) in [5.74, 6) is -0.420. The van der Waals surface area contributed by atoms with Crippen molar-refractivity contribution in [3.05, 3.63) is 0 Å². The average molecular weight is 287 g/mol. The molecule has 6 heteroatoms. The molecule has 20 heavy (non-hydrogen) atoms. The van der Waals surface area contributed by atoms with Crippen LogP contribution < -0.4 is 10.6 Å². The van der Waals surface area contributed by atoms with Crippen LogP contribution in [0.5, 0.6) is 0 Å². The van der Waals surface area contributed by atoms with Crippen molar-refractivity contribution in [1.82, 2.24) is 15.5 Å². The molecule has 0 bridgehead atoms. The summed E-state index contributed by atoms with van der Waals surface area (Å²) in [7, 11) is 0. The Morgan fingerprint density at radius 2 is 1.85 bits per heavy atom. The number of hydrogen-bond donors (Lipinski definition) is 2. The number of hydrogen-bond acceptors (Lipinski definition) is 4. The maximum absolute atomic E-state index is 11.5. The predicted molar refractivity (Wildman–Crippen MR) is 79.7 cm³/mol. The Labute approximate surface area is 122 Å². The van der Waals surface area contributed by atoms with Crippen LogP contribution in [0.25, 0.3) is 0 Å². The highest BCUT2D eigenvalue weighted by atomic mass is 16.5. The molecule has 0 saturated carbocycles. The molecule has 0 rings (SSSR count). The van der Waals surface area contributed by atoms with Gasteiger partial charge in [0.05, 0.1) is 6.61 Å². The maximum atomic E-state index is 11.5. The number of amides is 2. The fourth-order valence-electron chi connectivity index (χ4n) is 1.87. The molecule has 0 aliphatic rings. The smallest absolute Gasteiger partial charge is 0.325 e. The zero-order valence-corrected chi connectivity index (χ0v) is 13.2. The molecule has 1 unspecified atom stereocenters. The van der Waals surface area contributed by atoms with Gasteiger partial charge >= 0.3 is 12.0 Å². The lowest BCUT2D eigenvalue weighted by Gasteiger charge is -2.19. The van der Waals surface area contributed by atoms with E-state index < -0.39 is 5.97 Å². The molecule has 2 N–H and O–H groups in total. The van der Waals surface area contributed by atoms with E-state index in [9.17, 15) is 9.59 Å². The number of carbonyl (C=O) groups excluding carboxylic acids is 2. The predicted octanol–water partition coefficient (Wildman–Crippen LogP) is 1.36. The Kier molecular flexibility index (Phi) is 10.8. The van der Waals surface area contributed by atoms with E-state index in [0.29, 0.717) is 6.61 Å². The summed E-state index contributed by atoms with van der Waals surface area (Å²) >= 11 is 0. The van der Waals surface area contributed by atoms with Gasteiger partial charge in [-0.05, 0) is 46.3 Å². The van der Waals surface area contributed by atoms with E-state index in [1.54, 1.807) is 6.92 Å². The third kappa shape index (κ3) is 9.61. The Bertz CT molecular complexity index is 281. The van der Waals surface area contributed by atoms with Gasteiger partial charge in [-0.25, -0.2) is 4.79 Å². The van der Waals surface area contributed by atoms with Gasteiger partial charge in [0.15, 0.2) is 0 Å². The molecule has 0 radical (unpaired) electrons. The second-order valence-corrected chi connectivity index (χ2v) is 4.70. The zero-order valence-electron chi connectivity index (χ0n) is 13.2. The molecular weight excluding hydrogens is 258 g/mol. The van der Waals surface area contributed by atoms with Gasteiger partial charge in [-0.2, -0.15) is 0 Å². The van der Waals surface area contributed by atoms with Gasteiger partial charge in [-0.1, -0.05) is 13.8 Å². The highest BCUT2D eigenvalue weighted by Gasteiger charge is 2.09. The molecule has 1 atom stereocenters. The number of nitrogens with one attached hydrogen (secondary N) is 2. The van der Waals surface area contributed by atoms with Crippen LogP contribution in [0, 0.1) is 0 Å². The molecule has 0 aromatic heterocycles. The topological polar surface area (TPSA) is 70.7 Å². The maximum Gasteiger partial charge on any atom is 0.325 e. The van der Waals surface area contributed by atoms with Gasteiger partial charge in [-0.3, -0.25) is 4.79 Å². The summed E-state index contributed by atoms with van der Waals surface area (Å²) in [6.07, 6.45) is 1.96. The fraction of sp³-hybridized carbons (Fsp3) is 0.857. The van der Waals surface area contributed by atoms with E-state index in [4.69, 9.17) is 4.74 Å². The lowest BCUT2D eigenvalue weighted by atomic mass is 10.2. The first-order valence-corrected chi connectivity index (χ1v) is 7.45. The van der Waals surface area contributed by atoms with Crippen LogP contribution in [0.2, 0.25) is 0 Å². The van der Waals surface area contributed by atoms with Crippen LogP contribution in [0.4, 0.5) is 4.79 Å². The molecule has 118 valence electrons. The SMILES string of the molecule is CCOC(=O)CNC(=O)NC(C)CCCN(CC)CC. The van der Waals surface area contributed by atoms with Gasteiger partial charge in [-0.15, -0.1) is 0 Å². The number of rotatable bonds is 10. The van der Waals surface area contributed by atoms with Gasteiger partial charge in [0.25, 0.3) is 0 Å². The molecule has 0 saturated heterocycles. The molecular formula is C14H29N3O3. The lowest BCUT2D eigenvalue weighted by Crippen LogP contribution is -2.43. The lowest BCUT2D eigenvalue weighted by molar-refractivity contribution is -0.141. The van der Waals surface area contributed by atoms with E-state index in [1.165, 1.54) is 0 Å². The second kappa shape index (κ2) is 11.5. The van der Waals surface area contributed by atoms with Gasteiger partial charge in [0.1, 0.15) is 6.54 Å². The number of urea groups is 1. The van der Waals surface area contributed by atoms with Gasteiger partial charge < -0.3 is 20.3 Å². The highest BCUT2D eigenvalue weighted by Crippen LogP contribution is 1.99. The van der Waals surface area contributed by atoms with Crippen molar-refractivity contribution < 1.29 is 14.3 Å². The second-order valence-electron chi connectivity index (χ2n) is 4.70. The first-order chi connectivity index (χ1) is 9.53. The van der Waals surface area contributed by atoms with E-state index in [-0.39, 0.29) is 18.6 Å². The Morgan fingerprint density at radius 1 is 1.20 bits per heavy atom. The third-order valence-electron chi connectivity index (χ3n) is 3.08. The average Bonchev–Trinajstić information content (AvgIpc) is 2.42. The molecule has 0 aliphatic heterocycles. The zero-order chi connectivity index (χ0) is 15.4. The van der Waals surface area contributed by atoms with Crippen molar-refractivity contribution >= 4 is 12.0 Å². The van der Waals surface area contributed by atoms with Crippen LogP contribution in [-0.4, -0.2) is 55.7 Å². The number of esters is 1. The van der Waals surface area contributed by atoms with E-state index in [0.717, 1.165) is 32.5 Å². The number of nitrogens with zero attached hydrogens (tertiary/aromatic N) is 1. The minimum absolute atomic E-state index is 0.0905. The quantitative estimate of drug-likeness (QED) is 0.595. The summed E-state index contributed by atoms with van der Waals surface area (Å²) in [6, 6.07) is -0.235. The molecule has 0 fully saturated rings. The minimum atomic E-state index is -0.420. The highest BCUT2D eigenvalue weighted by molar-refractivity contribution is 5.80. The van der Waals surface area contributed by atoms with Crippen molar-refractivity contribution in [3.8, 4) is 0 Å². The number of carbonyl (C=O) groups is 2. The van der Waals surface area contributed by atoms with Gasteiger partial charge in [0, 0.05) is 6.04 Å². The van der Waals surface area contributed by atoms with E-state index in [1.807, 2.05) is 6.92 Å². The van der Waals surface area contributed by atoms with E-state index >= 15 is 0 Å². The molecule has 0 aliphatic carbocycles. The Balaban J connectivity index is 3.71. The van der Waals surface area contributed by atoms with Crippen LogP contribution in [0.3, 0.4) is 0 Å².